The molecule has 27 heavy (non-hydrogen) atoms. The molecule has 0 bridgehead atoms. The average Bonchev–Trinajstić information content (AvgIpc) is 2.65. The van der Waals surface area contributed by atoms with E-state index in [9.17, 15) is 8.42 Å². The van der Waals surface area contributed by atoms with Crippen LogP contribution in [0.1, 0.15) is 18.1 Å². The molecule has 2 aromatic carbocycles. The first-order valence-electron chi connectivity index (χ1n) is 8.68. The van der Waals surface area contributed by atoms with Gasteiger partial charge in [-0.15, -0.1) is 0 Å². The summed E-state index contributed by atoms with van der Waals surface area (Å²) in [7, 11) is -3.65. The van der Waals surface area contributed by atoms with Gasteiger partial charge in [-0.05, 0) is 56.2 Å². The van der Waals surface area contributed by atoms with Crippen LogP contribution in [0.4, 0.5) is 5.69 Å². The van der Waals surface area contributed by atoms with Crippen LogP contribution >= 0.6 is 0 Å². The van der Waals surface area contributed by atoms with Gasteiger partial charge in [0.1, 0.15) is 0 Å². The number of nitrogens with one attached hydrogen (secondary N) is 1. The second kappa shape index (κ2) is 7.80. The van der Waals surface area contributed by atoms with Crippen molar-refractivity contribution in [3.63, 3.8) is 0 Å². The highest BCUT2D eigenvalue weighted by atomic mass is 32.2. The summed E-state index contributed by atoms with van der Waals surface area (Å²) in [5, 5.41) is 0. The highest BCUT2D eigenvalue weighted by molar-refractivity contribution is 7.92. The lowest BCUT2D eigenvalue weighted by atomic mass is 10.0. The zero-order valence-corrected chi connectivity index (χ0v) is 16.4. The number of benzene rings is 2. The van der Waals surface area contributed by atoms with E-state index in [1.165, 1.54) is 0 Å². The van der Waals surface area contributed by atoms with Crippen LogP contribution in [0.15, 0.2) is 65.7 Å². The monoisotopic (exact) mass is 382 g/mol. The van der Waals surface area contributed by atoms with Gasteiger partial charge in [-0.25, -0.2) is 13.4 Å². The molecule has 1 N–H and O–H groups in total. The Balaban J connectivity index is 1.90. The average molecular weight is 382 g/mol. The van der Waals surface area contributed by atoms with E-state index >= 15 is 0 Å². The van der Waals surface area contributed by atoms with Crippen LogP contribution in [0.3, 0.4) is 0 Å². The Hall–Kier alpha value is -2.86. The van der Waals surface area contributed by atoms with Crippen molar-refractivity contribution in [1.82, 2.24) is 4.98 Å². The number of nitrogens with zero attached hydrogens (tertiary/aromatic N) is 1. The second-order valence-corrected chi connectivity index (χ2v) is 7.95. The number of ether oxygens (including phenoxy) is 1. The highest BCUT2D eigenvalue weighted by Crippen LogP contribution is 2.27. The third-order valence-corrected chi connectivity index (χ3v) is 5.56. The first-order chi connectivity index (χ1) is 12.9. The molecule has 6 heteroatoms. The summed E-state index contributed by atoms with van der Waals surface area (Å²) < 4.78 is 33.4. The van der Waals surface area contributed by atoms with Gasteiger partial charge < -0.3 is 4.74 Å². The number of pyridine rings is 1. The van der Waals surface area contributed by atoms with Crippen LogP contribution in [-0.4, -0.2) is 20.0 Å². The molecular formula is C21H22N2O3S. The maximum absolute atomic E-state index is 12.7. The lowest BCUT2D eigenvalue weighted by Crippen LogP contribution is -2.13. The van der Waals surface area contributed by atoms with Crippen molar-refractivity contribution in [3.8, 4) is 17.0 Å². The quantitative estimate of drug-likeness (QED) is 0.678. The fourth-order valence-electron chi connectivity index (χ4n) is 2.62. The lowest BCUT2D eigenvalue weighted by Gasteiger charge is -2.13. The summed E-state index contributed by atoms with van der Waals surface area (Å²) in [6, 6.07) is 16.1. The smallest absolute Gasteiger partial charge is 0.261 e. The third kappa shape index (κ3) is 4.46. The molecule has 140 valence electrons. The molecule has 0 atom stereocenters. The Kier molecular flexibility index (Phi) is 5.46. The molecule has 0 aliphatic heterocycles. The van der Waals surface area contributed by atoms with E-state index in [0.717, 1.165) is 22.3 Å². The van der Waals surface area contributed by atoms with Crippen LogP contribution in [0.2, 0.25) is 0 Å². The highest BCUT2D eigenvalue weighted by Gasteiger charge is 2.15. The molecule has 0 unspecified atom stereocenters. The second-order valence-electron chi connectivity index (χ2n) is 6.27. The van der Waals surface area contributed by atoms with Crippen molar-refractivity contribution in [3.05, 3.63) is 71.9 Å². The Labute approximate surface area is 160 Å². The fourth-order valence-corrected chi connectivity index (χ4v) is 3.74. The standard InChI is InChI=1S/C21H22N2O3S/c1-4-26-21-12-9-18(14-22-21)17-8-7-16(3)20(13-17)23-27(24,25)19-10-5-15(2)6-11-19/h5-14,23H,4H2,1-3H3. The molecule has 0 radical (unpaired) electrons. The normalized spacial score (nSPS) is 11.2. The predicted octanol–water partition coefficient (Wildman–Crippen LogP) is 4.56. The Morgan fingerprint density at radius 2 is 1.67 bits per heavy atom. The van der Waals surface area contributed by atoms with Gasteiger partial charge in [0.15, 0.2) is 0 Å². The van der Waals surface area contributed by atoms with E-state index in [0.29, 0.717) is 18.2 Å². The van der Waals surface area contributed by atoms with Crippen molar-refractivity contribution in [2.24, 2.45) is 0 Å². The largest absolute Gasteiger partial charge is 0.478 e. The lowest BCUT2D eigenvalue weighted by molar-refractivity contribution is 0.327. The summed E-state index contributed by atoms with van der Waals surface area (Å²) in [6.45, 7) is 6.25. The molecule has 3 aromatic rings. The van der Waals surface area contributed by atoms with Gasteiger partial charge in [-0.2, -0.15) is 0 Å². The molecule has 0 aliphatic rings. The van der Waals surface area contributed by atoms with E-state index < -0.39 is 10.0 Å². The molecule has 0 amide bonds. The molecule has 1 heterocycles. The van der Waals surface area contributed by atoms with Gasteiger partial charge in [-0.1, -0.05) is 29.8 Å². The summed E-state index contributed by atoms with van der Waals surface area (Å²) in [6.07, 6.45) is 1.72. The zero-order valence-electron chi connectivity index (χ0n) is 15.6. The Morgan fingerprint density at radius 3 is 2.30 bits per heavy atom. The maximum atomic E-state index is 12.7. The van der Waals surface area contributed by atoms with Gasteiger partial charge in [0, 0.05) is 17.8 Å². The number of aryl methyl sites for hydroxylation is 2. The van der Waals surface area contributed by atoms with E-state index in [-0.39, 0.29) is 4.90 Å². The van der Waals surface area contributed by atoms with Crippen LogP contribution in [0.5, 0.6) is 5.88 Å². The number of hydrogen-bond donors (Lipinski definition) is 1. The van der Waals surface area contributed by atoms with Crippen LogP contribution in [0.25, 0.3) is 11.1 Å². The SMILES string of the molecule is CCOc1ccc(-c2ccc(C)c(NS(=O)(=O)c3ccc(C)cc3)c2)cn1. The number of aromatic nitrogens is 1. The molecule has 3 rings (SSSR count). The van der Waals surface area contributed by atoms with Crippen molar-refractivity contribution >= 4 is 15.7 Å². The van der Waals surface area contributed by atoms with Crippen LogP contribution < -0.4 is 9.46 Å². The number of rotatable bonds is 6. The molecule has 0 aliphatic carbocycles. The number of sulfonamides is 1. The minimum atomic E-state index is -3.65. The first-order valence-corrected chi connectivity index (χ1v) is 10.2. The van der Waals surface area contributed by atoms with E-state index in [2.05, 4.69) is 9.71 Å². The molecule has 1 aromatic heterocycles. The van der Waals surface area contributed by atoms with E-state index in [4.69, 9.17) is 4.74 Å². The third-order valence-electron chi connectivity index (χ3n) is 4.18. The molecular weight excluding hydrogens is 360 g/mol. The van der Waals surface area contributed by atoms with E-state index in [1.807, 2.05) is 45.0 Å². The maximum Gasteiger partial charge on any atom is 0.261 e. The summed E-state index contributed by atoms with van der Waals surface area (Å²) in [4.78, 5) is 4.50. The molecule has 0 saturated carbocycles. The topological polar surface area (TPSA) is 68.3 Å². The zero-order chi connectivity index (χ0) is 19.4. The minimum absolute atomic E-state index is 0.237. The predicted molar refractivity (Wildman–Crippen MR) is 108 cm³/mol. The van der Waals surface area contributed by atoms with Crippen molar-refractivity contribution in [2.75, 3.05) is 11.3 Å². The van der Waals surface area contributed by atoms with Crippen molar-refractivity contribution < 1.29 is 13.2 Å². The Morgan fingerprint density at radius 1 is 0.963 bits per heavy atom. The summed E-state index contributed by atoms with van der Waals surface area (Å²) in [5.41, 5.74) is 4.15. The van der Waals surface area contributed by atoms with E-state index in [1.54, 1.807) is 36.5 Å². The molecule has 5 nitrogen and oxygen atoms in total. The molecule has 0 fully saturated rings. The minimum Gasteiger partial charge on any atom is -0.478 e. The summed E-state index contributed by atoms with van der Waals surface area (Å²) >= 11 is 0. The van der Waals surface area contributed by atoms with Crippen molar-refractivity contribution in [1.29, 1.82) is 0 Å². The molecule has 0 spiro atoms. The van der Waals surface area contributed by atoms with Gasteiger partial charge in [0.2, 0.25) is 5.88 Å². The number of anilines is 1. The van der Waals surface area contributed by atoms with Gasteiger partial charge in [-0.3, -0.25) is 4.72 Å². The Bertz CT molecular complexity index is 1030. The van der Waals surface area contributed by atoms with Crippen LogP contribution in [0, 0.1) is 13.8 Å². The van der Waals surface area contributed by atoms with Gasteiger partial charge in [0.25, 0.3) is 10.0 Å². The summed E-state index contributed by atoms with van der Waals surface area (Å²) in [5.74, 6) is 0.564. The van der Waals surface area contributed by atoms with Crippen LogP contribution in [-0.2, 0) is 10.0 Å². The fraction of sp³-hybridized carbons (Fsp3) is 0.190. The number of hydrogen-bond acceptors (Lipinski definition) is 4. The van der Waals surface area contributed by atoms with Gasteiger partial charge >= 0.3 is 0 Å². The van der Waals surface area contributed by atoms with Gasteiger partial charge in [0.05, 0.1) is 17.2 Å². The molecule has 0 saturated heterocycles. The van der Waals surface area contributed by atoms with Crippen molar-refractivity contribution in [2.45, 2.75) is 25.7 Å². The first kappa shape index (κ1) is 18.9.